The van der Waals surface area contributed by atoms with Gasteiger partial charge in [0.05, 0.1) is 0 Å². The van der Waals surface area contributed by atoms with Crippen LogP contribution in [-0.2, 0) is 4.79 Å². The summed E-state index contributed by atoms with van der Waals surface area (Å²) >= 11 is 0. The summed E-state index contributed by atoms with van der Waals surface area (Å²) in [5, 5.41) is 2.77. The second kappa shape index (κ2) is 5.24. The Balaban J connectivity index is 2.44. The molecule has 0 saturated heterocycles. The third-order valence-electron chi connectivity index (χ3n) is 1.85. The van der Waals surface area contributed by atoms with E-state index in [-0.39, 0.29) is 6.61 Å². The second-order valence-corrected chi connectivity index (χ2v) is 2.87. The average Bonchev–Trinajstić information content (AvgIpc) is 2.20. The fourth-order valence-corrected chi connectivity index (χ4v) is 1.00. The summed E-state index contributed by atoms with van der Waals surface area (Å²) in [5.41, 5.74) is 5.13. The van der Waals surface area contributed by atoms with Gasteiger partial charge in [0.25, 0.3) is 0 Å². The van der Waals surface area contributed by atoms with Crippen LogP contribution in [0.2, 0.25) is 0 Å². The number of carbonyl (C=O) groups excluding carboxylic acids is 1. The quantitative estimate of drug-likeness (QED) is 0.700. The molecule has 14 heavy (non-hydrogen) atoms. The molecule has 0 aliphatic rings. The summed E-state index contributed by atoms with van der Waals surface area (Å²) in [6.45, 7) is 0.246. The molecule has 1 unspecified atom stereocenters. The minimum absolute atomic E-state index is 0.246. The Labute approximate surface area is 83.1 Å². The number of carbonyl (C=O) groups is 1. The highest BCUT2D eigenvalue weighted by molar-refractivity contribution is 5.79. The average molecular weight is 194 g/mol. The molecule has 4 nitrogen and oxygen atoms in total. The highest BCUT2D eigenvalue weighted by atomic mass is 16.5. The number of rotatable bonds is 5. The van der Waals surface area contributed by atoms with Crippen LogP contribution >= 0.6 is 0 Å². The Bertz CT molecular complexity index is 287. The first kappa shape index (κ1) is 10.5. The van der Waals surface area contributed by atoms with Crippen LogP contribution in [0.5, 0.6) is 5.75 Å². The predicted molar refractivity (Wildman–Crippen MR) is 54.0 cm³/mol. The number of hydrogen-bond acceptors (Lipinski definition) is 3. The Kier molecular flexibility index (Phi) is 3.94. The number of para-hydroxylation sites is 1. The van der Waals surface area contributed by atoms with Crippen molar-refractivity contribution < 1.29 is 9.53 Å². The van der Waals surface area contributed by atoms with Crippen molar-refractivity contribution in [2.45, 2.75) is 6.04 Å². The van der Waals surface area contributed by atoms with Gasteiger partial charge in [-0.15, -0.1) is 0 Å². The Morgan fingerprint density at radius 2 is 2.14 bits per heavy atom. The maximum absolute atomic E-state index is 10.8. The molecular formula is C10H14N2O2. The normalized spacial score (nSPS) is 12.1. The minimum atomic E-state index is -0.449. The SMILES string of the molecule is CNC(COc1ccccc1)C(N)=O. The summed E-state index contributed by atoms with van der Waals surface area (Å²) in [4.78, 5) is 10.8. The van der Waals surface area contributed by atoms with Gasteiger partial charge in [0.1, 0.15) is 18.4 Å². The molecular weight excluding hydrogens is 180 g/mol. The van der Waals surface area contributed by atoms with E-state index in [1.54, 1.807) is 7.05 Å². The van der Waals surface area contributed by atoms with Crippen molar-refractivity contribution in [2.24, 2.45) is 5.73 Å². The number of ether oxygens (including phenoxy) is 1. The van der Waals surface area contributed by atoms with Gasteiger partial charge < -0.3 is 15.8 Å². The van der Waals surface area contributed by atoms with E-state index in [9.17, 15) is 4.79 Å². The maximum atomic E-state index is 10.8. The van der Waals surface area contributed by atoms with Crippen molar-refractivity contribution in [3.8, 4) is 5.75 Å². The molecule has 0 aliphatic carbocycles. The van der Waals surface area contributed by atoms with Crippen LogP contribution in [0.3, 0.4) is 0 Å². The van der Waals surface area contributed by atoms with Crippen LogP contribution < -0.4 is 15.8 Å². The van der Waals surface area contributed by atoms with Gasteiger partial charge in [0.15, 0.2) is 0 Å². The van der Waals surface area contributed by atoms with Crippen LogP contribution in [0.25, 0.3) is 0 Å². The topological polar surface area (TPSA) is 64.3 Å². The molecule has 1 amide bonds. The van der Waals surface area contributed by atoms with E-state index in [0.717, 1.165) is 5.75 Å². The van der Waals surface area contributed by atoms with Crippen molar-refractivity contribution in [3.63, 3.8) is 0 Å². The zero-order valence-electron chi connectivity index (χ0n) is 8.07. The van der Waals surface area contributed by atoms with Gasteiger partial charge in [0, 0.05) is 0 Å². The lowest BCUT2D eigenvalue weighted by Crippen LogP contribution is -2.43. The molecule has 3 N–H and O–H groups in total. The van der Waals surface area contributed by atoms with E-state index < -0.39 is 11.9 Å². The highest BCUT2D eigenvalue weighted by Crippen LogP contribution is 2.08. The number of nitrogens with two attached hydrogens (primary N) is 1. The van der Waals surface area contributed by atoms with Crippen molar-refractivity contribution in [1.82, 2.24) is 5.32 Å². The fourth-order valence-electron chi connectivity index (χ4n) is 1.00. The lowest BCUT2D eigenvalue weighted by Gasteiger charge is -2.13. The predicted octanol–water partition coefficient (Wildman–Crippen LogP) is 0.139. The zero-order valence-corrected chi connectivity index (χ0v) is 8.07. The first-order valence-corrected chi connectivity index (χ1v) is 4.38. The molecule has 0 saturated carbocycles. The molecule has 0 aromatic heterocycles. The summed E-state index contributed by atoms with van der Waals surface area (Å²) < 4.78 is 5.36. The molecule has 0 aliphatic heterocycles. The molecule has 0 spiro atoms. The third-order valence-corrected chi connectivity index (χ3v) is 1.85. The van der Waals surface area contributed by atoms with Crippen LogP contribution in [-0.4, -0.2) is 25.6 Å². The lowest BCUT2D eigenvalue weighted by molar-refractivity contribution is -0.120. The van der Waals surface area contributed by atoms with Crippen molar-refractivity contribution in [2.75, 3.05) is 13.7 Å². The number of amides is 1. The molecule has 1 aromatic rings. The van der Waals surface area contributed by atoms with Crippen molar-refractivity contribution in [3.05, 3.63) is 30.3 Å². The van der Waals surface area contributed by atoms with Crippen LogP contribution in [0.4, 0.5) is 0 Å². The number of nitrogens with one attached hydrogen (secondary N) is 1. The van der Waals surface area contributed by atoms with Gasteiger partial charge in [-0.3, -0.25) is 4.79 Å². The number of benzene rings is 1. The lowest BCUT2D eigenvalue weighted by atomic mass is 10.3. The van der Waals surface area contributed by atoms with Gasteiger partial charge >= 0.3 is 0 Å². The van der Waals surface area contributed by atoms with Gasteiger partial charge in [-0.05, 0) is 19.2 Å². The molecule has 0 radical (unpaired) electrons. The Morgan fingerprint density at radius 3 is 2.64 bits per heavy atom. The molecule has 4 heteroatoms. The number of likely N-dealkylation sites (N-methyl/N-ethyl adjacent to an activating group) is 1. The smallest absolute Gasteiger partial charge is 0.238 e. The van der Waals surface area contributed by atoms with Crippen LogP contribution in [0.1, 0.15) is 0 Å². The summed E-state index contributed by atoms with van der Waals surface area (Å²) in [6.07, 6.45) is 0. The summed E-state index contributed by atoms with van der Waals surface area (Å²) in [6, 6.07) is 8.84. The fraction of sp³-hybridized carbons (Fsp3) is 0.300. The largest absolute Gasteiger partial charge is 0.491 e. The summed E-state index contributed by atoms with van der Waals surface area (Å²) in [7, 11) is 1.67. The number of primary amides is 1. The Morgan fingerprint density at radius 1 is 1.50 bits per heavy atom. The first-order valence-electron chi connectivity index (χ1n) is 4.38. The van der Waals surface area contributed by atoms with Crippen LogP contribution in [0, 0.1) is 0 Å². The van der Waals surface area contributed by atoms with E-state index in [4.69, 9.17) is 10.5 Å². The number of hydrogen-bond donors (Lipinski definition) is 2. The molecule has 76 valence electrons. The summed E-state index contributed by atoms with van der Waals surface area (Å²) in [5.74, 6) is 0.317. The highest BCUT2D eigenvalue weighted by Gasteiger charge is 2.12. The van der Waals surface area contributed by atoms with Crippen LogP contribution in [0.15, 0.2) is 30.3 Å². The van der Waals surface area contributed by atoms with Crippen molar-refractivity contribution >= 4 is 5.91 Å². The van der Waals surface area contributed by atoms with Gasteiger partial charge in [-0.2, -0.15) is 0 Å². The van der Waals surface area contributed by atoms with E-state index in [1.165, 1.54) is 0 Å². The van der Waals surface area contributed by atoms with Crippen molar-refractivity contribution in [1.29, 1.82) is 0 Å². The molecule has 1 rings (SSSR count). The molecule has 1 aromatic carbocycles. The molecule has 0 heterocycles. The Hall–Kier alpha value is -1.55. The van der Waals surface area contributed by atoms with Gasteiger partial charge in [-0.25, -0.2) is 0 Å². The van der Waals surface area contributed by atoms with E-state index >= 15 is 0 Å². The zero-order chi connectivity index (χ0) is 10.4. The standard InChI is InChI=1S/C10H14N2O2/c1-12-9(10(11)13)7-14-8-5-3-2-4-6-8/h2-6,9,12H,7H2,1H3,(H2,11,13). The first-order chi connectivity index (χ1) is 6.74. The van der Waals surface area contributed by atoms with Gasteiger partial charge in [0.2, 0.25) is 5.91 Å². The van der Waals surface area contributed by atoms with Gasteiger partial charge in [-0.1, -0.05) is 18.2 Å². The maximum Gasteiger partial charge on any atom is 0.238 e. The second-order valence-electron chi connectivity index (χ2n) is 2.87. The van der Waals surface area contributed by atoms with E-state index in [1.807, 2.05) is 30.3 Å². The minimum Gasteiger partial charge on any atom is -0.491 e. The molecule has 1 atom stereocenters. The monoisotopic (exact) mass is 194 g/mol. The van der Waals surface area contributed by atoms with E-state index in [0.29, 0.717) is 0 Å². The third kappa shape index (κ3) is 3.06. The molecule has 0 fully saturated rings. The van der Waals surface area contributed by atoms with E-state index in [2.05, 4.69) is 5.32 Å². The molecule has 0 bridgehead atoms.